The zero-order valence-electron chi connectivity index (χ0n) is 17.5. The molecule has 4 heterocycles. The Morgan fingerprint density at radius 2 is 1.67 bits per heavy atom. The van der Waals surface area contributed by atoms with Crippen molar-refractivity contribution in [3.05, 3.63) is 42.6 Å². The van der Waals surface area contributed by atoms with Gasteiger partial charge >= 0.3 is 6.01 Å². The van der Waals surface area contributed by atoms with Crippen molar-refractivity contribution in [2.75, 3.05) is 52.5 Å². The fraction of sp³-hybridized carbons (Fsp3) is 0.524. The Bertz CT molecular complexity index is 910. The Hall–Kier alpha value is -2.62. The van der Waals surface area contributed by atoms with E-state index < -0.39 is 0 Å². The van der Waals surface area contributed by atoms with Crippen molar-refractivity contribution in [3.8, 4) is 6.01 Å². The van der Waals surface area contributed by atoms with Crippen LogP contribution in [-0.4, -0.2) is 86.8 Å². The van der Waals surface area contributed by atoms with Gasteiger partial charge in [0.15, 0.2) is 5.65 Å². The van der Waals surface area contributed by atoms with Crippen molar-refractivity contribution in [2.24, 2.45) is 0 Å². The van der Waals surface area contributed by atoms with E-state index in [1.54, 1.807) is 18.5 Å². The second kappa shape index (κ2) is 10.4. The van der Waals surface area contributed by atoms with Crippen molar-refractivity contribution >= 4 is 11.2 Å². The molecule has 0 bridgehead atoms. The highest BCUT2D eigenvalue weighted by molar-refractivity contribution is 5.71. The minimum absolute atomic E-state index is 0.440. The first-order valence-corrected chi connectivity index (χ1v) is 10.6. The summed E-state index contributed by atoms with van der Waals surface area (Å²) in [6.07, 6.45) is 5.21. The highest BCUT2D eigenvalue weighted by Gasteiger charge is 2.20. The van der Waals surface area contributed by atoms with Crippen molar-refractivity contribution < 1.29 is 9.47 Å². The lowest BCUT2D eigenvalue weighted by Gasteiger charge is -2.34. The van der Waals surface area contributed by atoms with Gasteiger partial charge in [0, 0.05) is 64.5 Å². The second-order valence-electron chi connectivity index (χ2n) is 7.22. The molecule has 1 fully saturated rings. The molecule has 3 aromatic heterocycles. The SMILES string of the molecule is CCOCCn1c(CN2CCN(CCOc3ncccn3)CC2)nc2cccnc21. The largest absolute Gasteiger partial charge is 0.462 e. The normalized spacial score (nSPS) is 15.6. The molecule has 4 rings (SSSR count). The first-order chi connectivity index (χ1) is 14.8. The van der Waals surface area contributed by atoms with Crippen LogP contribution in [-0.2, 0) is 17.8 Å². The van der Waals surface area contributed by atoms with Gasteiger partial charge in [0.25, 0.3) is 0 Å². The first-order valence-electron chi connectivity index (χ1n) is 10.6. The molecule has 3 aromatic rings. The topological polar surface area (TPSA) is 81.4 Å². The molecule has 0 atom stereocenters. The molecule has 1 saturated heterocycles. The van der Waals surface area contributed by atoms with Crippen LogP contribution < -0.4 is 4.74 Å². The highest BCUT2D eigenvalue weighted by atomic mass is 16.5. The molecule has 1 aliphatic heterocycles. The smallest absolute Gasteiger partial charge is 0.316 e. The van der Waals surface area contributed by atoms with Gasteiger partial charge in [-0.3, -0.25) is 9.80 Å². The number of hydrogen-bond donors (Lipinski definition) is 0. The Labute approximate surface area is 176 Å². The van der Waals surface area contributed by atoms with E-state index in [1.807, 2.05) is 25.3 Å². The van der Waals surface area contributed by atoms with Gasteiger partial charge in [-0.2, -0.15) is 0 Å². The van der Waals surface area contributed by atoms with Crippen molar-refractivity contribution in [1.82, 2.24) is 34.3 Å². The number of nitrogens with zero attached hydrogens (tertiary/aromatic N) is 7. The lowest BCUT2D eigenvalue weighted by Crippen LogP contribution is -2.47. The predicted molar refractivity (Wildman–Crippen MR) is 113 cm³/mol. The second-order valence-corrected chi connectivity index (χ2v) is 7.22. The molecule has 0 N–H and O–H groups in total. The summed E-state index contributed by atoms with van der Waals surface area (Å²) in [5, 5.41) is 0. The third-order valence-corrected chi connectivity index (χ3v) is 5.26. The number of rotatable bonds is 10. The molecule has 1 aliphatic rings. The summed E-state index contributed by atoms with van der Waals surface area (Å²) in [4.78, 5) is 22.4. The van der Waals surface area contributed by atoms with E-state index in [0.717, 1.165) is 69.4 Å². The molecule has 9 heteroatoms. The molecular weight excluding hydrogens is 382 g/mol. The van der Waals surface area contributed by atoms with Gasteiger partial charge in [0.1, 0.15) is 17.9 Å². The van der Waals surface area contributed by atoms with Crippen LogP contribution in [0.15, 0.2) is 36.8 Å². The Balaban J connectivity index is 1.29. The van der Waals surface area contributed by atoms with Gasteiger partial charge in [-0.05, 0) is 25.1 Å². The maximum Gasteiger partial charge on any atom is 0.316 e. The molecule has 30 heavy (non-hydrogen) atoms. The molecular formula is C21H29N7O2. The van der Waals surface area contributed by atoms with Crippen LogP contribution >= 0.6 is 0 Å². The van der Waals surface area contributed by atoms with E-state index in [9.17, 15) is 0 Å². The van der Waals surface area contributed by atoms with Crippen LogP contribution in [0.4, 0.5) is 0 Å². The van der Waals surface area contributed by atoms with E-state index in [4.69, 9.17) is 14.5 Å². The van der Waals surface area contributed by atoms with Gasteiger partial charge in [-0.15, -0.1) is 0 Å². The van der Waals surface area contributed by atoms with E-state index in [1.165, 1.54) is 0 Å². The highest BCUT2D eigenvalue weighted by Crippen LogP contribution is 2.16. The number of pyridine rings is 1. The number of fused-ring (bicyclic) bond motifs is 1. The first kappa shape index (κ1) is 20.6. The molecule has 0 spiro atoms. The standard InChI is InChI=1S/C21H29N7O2/c1-2-29-15-14-28-19(25-18-5-3-6-22-20(18)28)17-27-11-9-26(10-12-27)13-16-30-21-23-7-4-8-24-21/h3-8H,2,9-17H2,1H3. The molecule has 0 unspecified atom stereocenters. The lowest BCUT2D eigenvalue weighted by atomic mass is 10.3. The summed E-state index contributed by atoms with van der Waals surface area (Å²) < 4.78 is 13.4. The Morgan fingerprint density at radius 3 is 2.47 bits per heavy atom. The molecule has 0 radical (unpaired) electrons. The van der Waals surface area contributed by atoms with E-state index in [-0.39, 0.29) is 0 Å². The van der Waals surface area contributed by atoms with Crippen molar-refractivity contribution in [3.63, 3.8) is 0 Å². The molecule has 0 amide bonds. The van der Waals surface area contributed by atoms with Crippen LogP contribution in [0.1, 0.15) is 12.7 Å². The third kappa shape index (κ3) is 5.29. The van der Waals surface area contributed by atoms with Crippen molar-refractivity contribution in [1.29, 1.82) is 0 Å². The lowest BCUT2D eigenvalue weighted by molar-refractivity contribution is 0.106. The number of aromatic nitrogens is 5. The fourth-order valence-corrected chi connectivity index (χ4v) is 3.66. The quantitative estimate of drug-likeness (QED) is 0.464. The summed E-state index contributed by atoms with van der Waals surface area (Å²) in [6, 6.07) is 6.19. The predicted octanol–water partition coefficient (Wildman–Crippen LogP) is 1.45. The number of piperazine rings is 1. The molecule has 160 valence electrons. The summed E-state index contributed by atoms with van der Waals surface area (Å²) in [7, 11) is 0. The molecule has 0 saturated carbocycles. The van der Waals surface area contributed by atoms with Gasteiger partial charge in [-0.1, -0.05) is 0 Å². The van der Waals surface area contributed by atoms with E-state index in [2.05, 4.69) is 29.3 Å². The van der Waals surface area contributed by atoms with Crippen LogP contribution in [0.25, 0.3) is 11.2 Å². The maximum absolute atomic E-state index is 5.62. The maximum atomic E-state index is 5.62. The number of ether oxygens (including phenoxy) is 2. The summed E-state index contributed by atoms with van der Waals surface area (Å²) in [5.41, 5.74) is 1.88. The summed E-state index contributed by atoms with van der Waals surface area (Å²) in [6.45, 7) is 10.5. The van der Waals surface area contributed by atoms with Crippen molar-refractivity contribution in [2.45, 2.75) is 20.0 Å². The van der Waals surface area contributed by atoms with Gasteiger partial charge in [0.05, 0.1) is 13.2 Å². The average molecular weight is 412 g/mol. The Kier molecular flexibility index (Phi) is 7.17. The van der Waals surface area contributed by atoms with Crippen LogP contribution in [0.5, 0.6) is 6.01 Å². The molecule has 9 nitrogen and oxygen atoms in total. The van der Waals surface area contributed by atoms with E-state index >= 15 is 0 Å². The minimum atomic E-state index is 0.440. The minimum Gasteiger partial charge on any atom is -0.462 e. The zero-order chi connectivity index (χ0) is 20.6. The molecule has 0 aromatic carbocycles. The van der Waals surface area contributed by atoms with E-state index in [0.29, 0.717) is 19.2 Å². The number of imidazole rings is 1. The monoisotopic (exact) mass is 411 g/mol. The Morgan fingerprint density at radius 1 is 0.900 bits per heavy atom. The average Bonchev–Trinajstić information content (AvgIpc) is 3.13. The van der Waals surface area contributed by atoms with Crippen LogP contribution in [0.3, 0.4) is 0 Å². The molecule has 0 aliphatic carbocycles. The third-order valence-electron chi connectivity index (χ3n) is 5.26. The van der Waals surface area contributed by atoms with Gasteiger partial charge in [-0.25, -0.2) is 19.9 Å². The zero-order valence-corrected chi connectivity index (χ0v) is 17.5. The fourth-order valence-electron chi connectivity index (χ4n) is 3.66. The number of hydrogen-bond acceptors (Lipinski definition) is 8. The summed E-state index contributed by atoms with van der Waals surface area (Å²) in [5.74, 6) is 1.06. The van der Waals surface area contributed by atoms with Gasteiger partial charge in [0.2, 0.25) is 0 Å². The van der Waals surface area contributed by atoms with Crippen LogP contribution in [0, 0.1) is 0 Å². The summed E-state index contributed by atoms with van der Waals surface area (Å²) >= 11 is 0. The van der Waals surface area contributed by atoms with Gasteiger partial charge < -0.3 is 14.0 Å². The van der Waals surface area contributed by atoms with Crippen LogP contribution in [0.2, 0.25) is 0 Å².